The topological polar surface area (TPSA) is 84.2 Å². The molecule has 0 aliphatic rings. The molecule has 8 heavy (non-hydrogen) atoms. The fraction of sp³-hybridized carbons (Fsp3) is 0.333. The Hall–Kier alpha value is -1.26. The van der Waals surface area contributed by atoms with E-state index in [-0.39, 0.29) is 10.8 Å². The van der Waals surface area contributed by atoms with Crippen molar-refractivity contribution < 1.29 is 15.2 Å². The number of hydrogen-bond acceptors (Lipinski definition) is 2. The predicted octanol–water partition coefficient (Wildman–Crippen LogP) is -1.29. The van der Waals surface area contributed by atoms with Crippen LogP contribution < -0.4 is 16.6 Å². The van der Waals surface area contributed by atoms with Crippen LogP contribution in [0.1, 0.15) is 6.92 Å². The Balaban J connectivity index is 4.29. The van der Waals surface area contributed by atoms with Gasteiger partial charge in [0, 0.05) is 6.92 Å². The highest BCUT2D eigenvalue weighted by molar-refractivity contribution is 5.78. The van der Waals surface area contributed by atoms with Crippen LogP contribution in [0.5, 0.6) is 0 Å². The zero-order valence-electron chi connectivity index (χ0n) is 8.16. The highest BCUT2D eigenvalue weighted by atomic mass is 16.2. The van der Waals surface area contributed by atoms with Crippen molar-refractivity contribution in [3.8, 4) is 0 Å². The molecule has 0 atom stereocenters. The Morgan fingerprint density at radius 3 is 2.75 bits per heavy atom. The molecule has 0 rings (SSSR count). The summed E-state index contributed by atoms with van der Waals surface area (Å²) in [6, 6.07) is -1.42. The summed E-state index contributed by atoms with van der Waals surface area (Å²) in [6.07, 6.45) is 0. The number of nitrogens with two attached hydrogens (primary N) is 1. The lowest BCUT2D eigenvalue weighted by molar-refractivity contribution is -0.119. The maximum Gasteiger partial charge on any atom is 0.330 e. The molecule has 0 aliphatic carbocycles. The Morgan fingerprint density at radius 1 is 1.75 bits per heavy atom. The van der Waals surface area contributed by atoms with E-state index in [0.29, 0.717) is 0 Å². The van der Waals surface area contributed by atoms with Crippen molar-refractivity contribution in [2.24, 2.45) is 5.72 Å². The molecular formula is C3H7N3O2. The maximum atomic E-state index is 10.6. The number of hydrogen-bond donors (Lipinski definition) is 3. The van der Waals surface area contributed by atoms with Gasteiger partial charge in [-0.2, -0.15) is 0 Å². The molecule has 0 aromatic carbocycles. The number of carbonyl (C=O) groups excluding carboxylic acids is 2. The van der Waals surface area contributed by atoms with Crippen LogP contribution in [0.2, 0.25) is 5.65 Å². The summed E-state index contributed by atoms with van der Waals surface area (Å²) in [5.74, 6) is -0.861. The number of amides is 3. The molecule has 0 aliphatic heterocycles. The van der Waals surface area contributed by atoms with Gasteiger partial charge in [-0.1, -0.05) is 0 Å². The molecule has 0 saturated heterocycles. The van der Waals surface area contributed by atoms with Crippen molar-refractivity contribution in [2.75, 3.05) is 0 Å². The molecule has 0 spiro atoms. The van der Waals surface area contributed by atoms with Gasteiger partial charge in [0.2, 0.25) is 5.91 Å². The molecule has 0 unspecified atom stereocenters. The molecule has 0 fully saturated rings. The molecule has 4 N–H and O–H groups in total. The van der Waals surface area contributed by atoms with Crippen molar-refractivity contribution in [1.82, 2.24) is 10.8 Å². The van der Waals surface area contributed by atoms with Crippen molar-refractivity contribution in [3.63, 3.8) is 0 Å². The Labute approximate surface area is 52.1 Å². The SMILES string of the molecule is [2H]N([2H])C(=O)N([2H])N([2H])C(C)=O. The first-order valence-corrected chi connectivity index (χ1v) is 1.78. The normalized spacial score (nSPS) is 14.1. The molecule has 0 aromatic heterocycles. The quantitative estimate of drug-likeness (QED) is 0.348. The van der Waals surface area contributed by atoms with E-state index in [4.69, 9.17) is 5.65 Å². The lowest BCUT2D eigenvalue weighted by atomic mass is 10.8. The fourth-order valence-corrected chi connectivity index (χ4v) is 0.113. The van der Waals surface area contributed by atoms with Crippen molar-refractivity contribution >= 4 is 11.9 Å². The monoisotopic (exact) mass is 121 g/mol. The Morgan fingerprint density at radius 2 is 2.38 bits per heavy atom. The van der Waals surface area contributed by atoms with E-state index in [1.54, 1.807) is 0 Å². The lowest BCUT2D eigenvalue weighted by Gasteiger charge is -1.97. The fourth-order valence-electron chi connectivity index (χ4n) is 0.113. The predicted molar refractivity (Wildman–Crippen MR) is 26.5 cm³/mol. The largest absolute Gasteiger partial charge is 0.350 e. The van der Waals surface area contributed by atoms with Gasteiger partial charge >= 0.3 is 6.03 Å². The molecule has 0 bridgehead atoms. The van der Waals surface area contributed by atoms with Crippen LogP contribution in [-0.4, -0.2) is 11.9 Å². The summed E-state index contributed by atoms with van der Waals surface area (Å²) in [7, 11) is 0. The molecule has 5 nitrogen and oxygen atoms in total. The third-order valence-electron chi connectivity index (χ3n) is 0.276. The van der Waals surface area contributed by atoms with Crippen LogP contribution in [0.15, 0.2) is 0 Å². The summed E-state index contributed by atoms with van der Waals surface area (Å²) in [5, 5.41) is 0. The van der Waals surface area contributed by atoms with Gasteiger partial charge in [0.1, 0.15) is 0 Å². The first kappa shape index (κ1) is 2.34. The molecule has 0 radical (unpaired) electrons. The number of urea groups is 1. The van der Waals surface area contributed by atoms with Gasteiger partial charge in [0.05, 0.1) is 0 Å². The molecule has 0 aromatic rings. The van der Waals surface area contributed by atoms with Crippen LogP contribution in [0.4, 0.5) is 4.79 Å². The Bertz CT molecular complexity index is 198. The summed E-state index contributed by atoms with van der Waals surface area (Å²) in [5.41, 5.74) is -0.682. The number of primary amides is 1. The van der Waals surface area contributed by atoms with Gasteiger partial charge in [-0.25, -0.2) is 10.2 Å². The van der Waals surface area contributed by atoms with Crippen LogP contribution >= 0.6 is 0 Å². The van der Waals surface area contributed by atoms with Crippen molar-refractivity contribution in [2.45, 2.75) is 6.92 Å². The molecular weight excluding hydrogens is 110 g/mol. The van der Waals surface area contributed by atoms with Gasteiger partial charge in [0.25, 0.3) is 0 Å². The Kier molecular flexibility index (Phi) is 0.831. The highest BCUT2D eigenvalue weighted by Crippen LogP contribution is 1.51. The summed E-state index contributed by atoms with van der Waals surface area (Å²) >= 11 is 0. The summed E-state index contributed by atoms with van der Waals surface area (Å²) < 4.78 is 26.4. The zero-order chi connectivity index (χ0) is 9.89. The second-order valence-electron chi connectivity index (χ2n) is 1.00. The number of hydrazine groups is 1. The number of carbonyl (C=O) groups is 2. The molecule has 0 heterocycles. The lowest BCUT2D eigenvalue weighted by Crippen LogP contribution is -2.43. The minimum Gasteiger partial charge on any atom is -0.350 e. The van der Waals surface area contributed by atoms with E-state index in [0.717, 1.165) is 6.92 Å². The second kappa shape index (κ2) is 2.84. The summed E-state index contributed by atoms with van der Waals surface area (Å²) in [4.78, 5) is 21.0. The molecule has 46 valence electrons. The molecule has 0 saturated carbocycles. The van der Waals surface area contributed by atoms with Crippen LogP contribution in [0.25, 0.3) is 0 Å². The second-order valence-corrected chi connectivity index (χ2v) is 1.00. The van der Waals surface area contributed by atoms with Crippen LogP contribution in [0.3, 0.4) is 0 Å². The smallest absolute Gasteiger partial charge is 0.330 e. The van der Waals surface area contributed by atoms with Gasteiger partial charge in [0.15, 0.2) is 5.65 Å². The van der Waals surface area contributed by atoms with Gasteiger partial charge in [-0.15, -0.1) is 0 Å². The number of nitrogens with one attached hydrogen (secondary N) is 2. The number of rotatable bonds is 0. The van der Waals surface area contributed by atoms with E-state index in [2.05, 4.69) is 0 Å². The van der Waals surface area contributed by atoms with E-state index < -0.39 is 17.7 Å². The average Bonchev–Trinajstić information content (AvgIpc) is 2.00. The van der Waals surface area contributed by atoms with Gasteiger partial charge < -0.3 is 5.72 Å². The van der Waals surface area contributed by atoms with E-state index >= 15 is 0 Å². The molecule has 3 amide bonds. The van der Waals surface area contributed by atoms with Crippen molar-refractivity contribution in [3.05, 3.63) is 0 Å². The van der Waals surface area contributed by atoms with E-state index in [9.17, 15) is 9.59 Å². The minimum atomic E-state index is -1.42. The standard InChI is InChI=1S/C3H7N3O2/c1-2(7)5-6-3(4)8/h1H3,(H,5,7)(H3,4,6,8)/i/hD4. The first-order chi connectivity index (χ1) is 5.37. The minimum absolute atomic E-state index is 0.0710. The van der Waals surface area contributed by atoms with E-state index in [1.807, 2.05) is 0 Å². The average molecular weight is 121 g/mol. The third-order valence-corrected chi connectivity index (χ3v) is 0.276. The summed E-state index contributed by atoms with van der Waals surface area (Å²) in [6.45, 7) is 0.972. The van der Waals surface area contributed by atoms with Crippen LogP contribution in [-0.2, 0) is 4.79 Å². The highest BCUT2D eigenvalue weighted by Gasteiger charge is 1.89. The zero-order valence-corrected chi connectivity index (χ0v) is 4.16. The van der Waals surface area contributed by atoms with Crippen molar-refractivity contribution in [1.29, 1.82) is 0 Å². The van der Waals surface area contributed by atoms with E-state index in [1.165, 1.54) is 0 Å². The maximum absolute atomic E-state index is 10.6. The van der Waals surface area contributed by atoms with Crippen LogP contribution in [0, 0.1) is 0 Å². The van der Waals surface area contributed by atoms with Gasteiger partial charge in [-0.05, 0) is 0 Å². The molecule has 5 heteroatoms. The van der Waals surface area contributed by atoms with Gasteiger partial charge in [-0.3, -0.25) is 10.2 Å². The first-order valence-electron chi connectivity index (χ1n) is 3.57. The third kappa shape index (κ3) is 4.74.